The van der Waals surface area contributed by atoms with Gasteiger partial charge in [0.1, 0.15) is 19.3 Å². The number of phosphoric ester groups is 2. The summed E-state index contributed by atoms with van der Waals surface area (Å²) in [4.78, 5) is 73.0. The van der Waals surface area contributed by atoms with E-state index in [-0.39, 0.29) is 25.7 Å². The number of hydrogen-bond donors (Lipinski definition) is 3. The van der Waals surface area contributed by atoms with Crippen LogP contribution in [0.4, 0.5) is 0 Å². The van der Waals surface area contributed by atoms with E-state index in [2.05, 4.69) is 186 Å². The molecule has 0 bridgehead atoms. The first kappa shape index (κ1) is 102. The van der Waals surface area contributed by atoms with Gasteiger partial charge in [-0.25, -0.2) is 9.13 Å². The standard InChI is InChI=1S/C89H142O17P2/c1-5-9-13-17-21-25-29-33-37-39-41-43-47-49-53-57-61-65-69-73-86(91)99-79-84(105-88(93)75-71-67-63-59-55-51-45-35-31-27-23-19-15-11-7-3)81-103-107(95,96)101-77-83(90)78-102-108(97,98)104-82-85(106-89(94)76-72-68-64-60-56-52-46-36-32-28-24-20-16-12-8-4)80-100-87(92)74-70-66-62-58-54-50-48-44-42-40-38-34-30-26-22-18-14-10-6-2/h9-10,13-14,21-28,33-38,41-46,49-50,53-54,61-62,65-66,83-85,90H,5-8,11-12,15-20,29-32,39-40,47-48,51-52,55-60,63-64,67-82H2,1-4H3,(H,95,96)(H,97,98)/b13-9-,14-10-,25-21-,26-22-,27-23-,28-24-,37-33-,38-34-,43-41-,44-42-,45-35-,46-36-,53-49-,54-50-,65-61-,66-62-/t84-,85-/m1/s1. The van der Waals surface area contributed by atoms with Crippen LogP contribution in [0.1, 0.15) is 285 Å². The molecule has 0 radical (unpaired) electrons. The molecule has 0 aliphatic rings. The maximum Gasteiger partial charge on any atom is 0.472 e. The van der Waals surface area contributed by atoms with Gasteiger partial charge in [-0.1, -0.05) is 286 Å². The van der Waals surface area contributed by atoms with E-state index in [1.54, 1.807) is 0 Å². The van der Waals surface area contributed by atoms with E-state index in [1.165, 1.54) is 38.5 Å². The fourth-order valence-electron chi connectivity index (χ4n) is 9.92. The number of unbranched alkanes of at least 4 members (excludes halogenated alkanes) is 16. The summed E-state index contributed by atoms with van der Waals surface area (Å²) in [5.41, 5.74) is 0. The fourth-order valence-corrected chi connectivity index (χ4v) is 11.5. The average Bonchev–Trinajstić information content (AvgIpc) is 0.923. The Morgan fingerprint density at radius 1 is 0.269 bits per heavy atom. The van der Waals surface area contributed by atoms with Crippen LogP contribution in [0, 0.1) is 0 Å². The lowest BCUT2D eigenvalue weighted by Gasteiger charge is -2.21. The highest BCUT2D eigenvalue weighted by Crippen LogP contribution is 2.45. The third kappa shape index (κ3) is 78.0. The zero-order valence-corrected chi connectivity index (χ0v) is 68.5. The molecule has 0 aliphatic carbocycles. The van der Waals surface area contributed by atoms with Crippen LogP contribution in [0.2, 0.25) is 0 Å². The first-order valence-electron chi connectivity index (χ1n) is 40.7. The van der Waals surface area contributed by atoms with Gasteiger partial charge in [-0.05, 0) is 167 Å². The number of aliphatic hydroxyl groups excluding tert-OH is 1. The SMILES string of the molecule is CC/C=C\C/C=C\C/C=C\C/C=C\C/C=C\C/C=C\CCC(=O)OC[C@H](COP(=O)(O)OCC(O)COP(=O)(O)OC[C@@H](COC(=O)CC/C=C\C/C=C\C/C=C\C/C=C\C/C=C\C/C=C\CC)OC(=O)CCCCCCC/C=C\C/C=C\CCCCC)OC(=O)CCCCCCC/C=C\C/C=C\CCCCC. The molecule has 3 N–H and O–H groups in total. The Morgan fingerprint density at radius 3 is 0.778 bits per heavy atom. The minimum atomic E-state index is -5.01. The second-order valence-electron chi connectivity index (χ2n) is 26.2. The molecule has 0 aromatic carbocycles. The minimum absolute atomic E-state index is 0.0243. The Labute approximate surface area is 653 Å². The third-order valence-electron chi connectivity index (χ3n) is 16.1. The smallest absolute Gasteiger partial charge is 0.462 e. The van der Waals surface area contributed by atoms with Crippen LogP contribution in [-0.2, 0) is 65.4 Å². The van der Waals surface area contributed by atoms with Gasteiger partial charge in [0.25, 0.3) is 0 Å². The van der Waals surface area contributed by atoms with Crippen molar-refractivity contribution in [2.24, 2.45) is 0 Å². The van der Waals surface area contributed by atoms with Crippen molar-refractivity contribution in [1.29, 1.82) is 0 Å². The molecule has 0 fully saturated rings. The number of phosphoric acid groups is 2. The number of rotatable bonds is 74. The van der Waals surface area contributed by atoms with Crippen molar-refractivity contribution < 1.29 is 80.2 Å². The predicted octanol–water partition coefficient (Wildman–Crippen LogP) is 24.1. The minimum Gasteiger partial charge on any atom is -0.462 e. The number of allylic oxidation sites excluding steroid dienone is 32. The molecule has 108 heavy (non-hydrogen) atoms. The molecular weight excluding hydrogens is 1400 g/mol. The van der Waals surface area contributed by atoms with Crippen molar-refractivity contribution in [3.05, 3.63) is 194 Å². The van der Waals surface area contributed by atoms with Gasteiger partial charge in [0.2, 0.25) is 0 Å². The van der Waals surface area contributed by atoms with E-state index in [4.69, 9.17) is 37.0 Å². The summed E-state index contributed by atoms with van der Waals surface area (Å²) in [7, 11) is -10.0. The second kappa shape index (κ2) is 79.0. The van der Waals surface area contributed by atoms with Gasteiger partial charge < -0.3 is 33.8 Å². The molecule has 2 unspecified atom stereocenters. The molecule has 0 aliphatic heterocycles. The summed E-state index contributed by atoms with van der Waals surface area (Å²) >= 11 is 0. The van der Waals surface area contributed by atoms with E-state index < -0.39 is 97.5 Å². The molecule has 610 valence electrons. The van der Waals surface area contributed by atoms with Crippen LogP contribution >= 0.6 is 15.6 Å². The normalized spacial score (nSPS) is 14.8. The molecule has 4 atom stereocenters. The Morgan fingerprint density at radius 2 is 0.500 bits per heavy atom. The van der Waals surface area contributed by atoms with Gasteiger partial charge in [-0.2, -0.15) is 0 Å². The Hall–Kier alpha value is -6.10. The molecule has 0 saturated carbocycles. The fraction of sp³-hybridized carbons (Fsp3) is 0.596. The molecule has 17 nitrogen and oxygen atoms in total. The lowest BCUT2D eigenvalue weighted by atomic mass is 10.1. The molecule has 0 aromatic rings. The van der Waals surface area contributed by atoms with E-state index in [0.717, 1.165) is 154 Å². The van der Waals surface area contributed by atoms with Gasteiger partial charge in [0.05, 0.1) is 26.4 Å². The lowest BCUT2D eigenvalue weighted by Crippen LogP contribution is -2.30. The summed E-state index contributed by atoms with van der Waals surface area (Å²) in [5, 5.41) is 10.7. The van der Waals surface area contributed by atoms with Gasteiger partial charge in [0, 0.05) is 25.7 Å². The van der Waals surface area contributed by atoms with Gasteiger partial charge in [-0.15, -0.1) is 0 Å². The third-order valence-corrected chi connectivity index (χ3v) is 18.0. The molecular formula is C89H142O17P2. The largest absolute Gasteiger partial charge is 0.472 e. The molecule has 0 heterocycles. The molecule has 19 heteroatoms. The number of carbonyl (C=O) groups is 4. The number of hydrogen-bond acceptors (Lipinski definition) is 15. The van der Waals surface area contributed by atoms with Crippen LogP contribution in [0.25, 0.3) is 0 Å². The van der Waals surface area contributed by atoms with Crippen molar-refractivity contribution in [1.82, 2.24) is 0 Å². The van der Waals surface area contributed by atoms with Gasteiger partial charge in [-0.3, -0.25) is 37.3 Å². The molecule has 0 spiro atoms. The van der Waals surface area contributed by atoms with Crippen LogP contribution in [-0.4, -0.2) is 96.7 Å². The maximum absolute atomic E-state index is 13.1. The number of aliphatic hydroxyl groups is 1. The summed E-state index contributed by atoms with van der Waals surface area (Å²) in [6.07, 6.45) is 97.2. The van der Waals surface area contributed by atoms with Crippen molar-refractivity contribution >= 4 is 39.5 Å². The monoisotopic (exact) mass is 1540 g/mol. The quantitative estimate of drug-likeness (QED) is 0.0169. The summed E-state index contributed by atoms with van der Waals surface area (Å²) in [5.74, 6) is -2.42. The highest BCUT2D eigenvalue weighted by Gasteiger charge is 2.30. The first-order valence-corrected chi connectivity index (χ1v) is 43.7. The van der Waals surface area contributed by atoms with Crippen LogP contribution < -0.4 is 0 Å². The van der Waals surface area contributed by atoms with E-state index in [9.17, 15) is 43.2 Å². The molecule has 0 aromatic heterocycles. The first-order chi connectivity index (χ1) is 52.7. The van der Waals surface area contributed by atoms with Crippen molar-refractivity contribution in [2.45, 2.75) is 303 Å². The van der Waals surface area contributed by atoms with E-state index in [1.807, 2.05) is 36.5 Å². The van der Waals surface area contributed by atoms with E-state index in [0.29, 0.717) is 38.5 Å². The lowest BCUT2D eigenvalue weighted by molar-refractivity contribution is -0.161. The number of carbonyl (C=O) groups excluding carboxylic acids is 4. The summed E-state index contributed by atoms with van der Waals surface area (Å²) in [6, 6.07) is 0. The summed E-state index contributed by atoms with van der Waals surface area (Å²) in [6.45, 7) is 4.37. The van der Waals surface area contributed by atoms with Crippen molar-refractivity contribution in [3.8, 4) is 0 Å². The number of esters is 4. The molecule has 0 saturated heterocycles. The Balaban J connectivity index is 5.54. The van der Waals surface area contributed by atoms with Gasteiger partial charge in [0.15, 0.2) is 12.2 Å². The zero-order valence-electron chi connectivity index (χ0n) is 66.7. The highest BCUT2D eigenvalue weighted by molar-refractivity contribution is 7.47. The van der Waals surface area contributed by atoms with Crippen LogP contribution in [0.5, 0.6) is 0 Å². The Bertz CT molecular complexity index is 2630. The summed E-state index contributed by atoms with van der Waals surface area (Å²) < 4.78 is 68.5. The average molecular weight is 1550 g/mol. The van der Waals surface area contributed by atoms with E-state index >= 15 is 0 Å². The van der Waals surface area contributed by atoms with Crippen molar-refractivity contribution in [2.75, 3.05) is 39.6 Å². The van der Waals surface area contributed by atoms with Crippen LogP contribution in [0.3, 0.4) is 0 Å². The topological polar surface area (TPSA) is 237 Å². The Kier molecular flexibility index (Phi) is 74.5. The van der Waals surface area contributed by atoms with Crippen molar-refractivity contribution in [3.63, 3.8) is 0 Å². The van der Waals surface area contributed by atoms with Crippen LogP contribution in [0.15, 0.2) is 194 Å². The highest BCUT2D eigenvalue weighted by atomic mass is 31.2. The molecule has 0 amide bonds. The predicted molar refractivity (Wildman–Crippen MR) is 445 cm³/mol. The second-order valence-corrected chi connectivity index (χ2v) is 29.1. The van der Waals surface area contributed by atoms with Gasteiger partial charge >= 0.3 is 39.5 Å². The zero-order chi connectivity index (χ0) is 78.9. The maximum atomic E-state index is 13.1. The number of ether oxygens (including phenoxy) is 4. The molecule has 0 rings (SSSR count).